The molecule has 0 radical (unpaired) electrons. The van der Waals surface area contributed by atoms with Crippen molar-refractivity contribution in [2.75, 3.05) is 6.61 Å². The third-order valence-corrected chi connectivity index (χ3v) is 10.5. The van der Waals surface area contributed by atoms with Crippen LogP contribution >= 0.6 is 0 Å². The van der Waals surface area contributed by atoms with E-state index in [1.165, 1.54) is 11.1 Å². The van der Waals surface area contributed by atoms with Gasteiger partial charge < -0.3 is 9.16 Å². The number of rotatable bonds is 6. The van der Waals surface area contributed by atoms with Crippen LogP contribution in [0, 0.1) is 5.41 Å². The molecule has 0 aromatic heterocycles. The highest BCUT2D eigenvalue weighted by Gasteiger charge is 2.41. The number of carbonyl (C=O) groups is 1. The largest absolute Gasteiger partial charge is 0.463 e. The van der Waals surface area contributed by atoms with E-state index in [0.29, 0.717) is 6.61 Å². The Morgan fingerprint density at radius 1 is 1.30 bits per heavy atom. The van der Waals surface area contributed by atoms with E-state index in [1.807, 2.05) is 19.9 Å². The molecule has 1 atom stereocenters. The van der Waals surface area contributed by atoms with Gasteiger partial charge >= 0.3 is 5.97 Å². The lowest BCUT2D eigenvalue weighted by molar-refractivity contribution is -0.137. The third-order valence-electron chi connectivity index (χ3n) is 6.06. The van der Waals surface area contributed by atoms with Crippen LogP contribution in [0.2, 0.25) is 18.1 Å². The Balaban J connectivity index is 3.13. The summed E-state index contributed by atoms with van der Waals surface area (Å²) < 4.78 is 11.7. The molecule has 1 unspecified atom stereocenters. The number of ether oxygens (including phenoxy) is 1. The minimum atomic E-state index is -1.82. The number of esters is 1. The average molecular weight is 393 g/mol. The molecule has 0 bridgehead atoms. The van der Waals surface area contributed by atoms with Gasteiger partial charge in [-0.3, -0.25) is 0 Å². The highest BCUT2D eigenvalue weighted by molar-refractivity contribution is 6.74. The molecule has 0 amide bonds. The molecule has 0 N–H and O–H groups in total. The number of hydrogen-bond acceptors (Lipinski definition) is 3. The van der Waals surface area contributed by atoms with Crippen molar-refractivity contribution in [3.8, 4) is 0 Å². The van der Waals surface area contributed by atoms with Crippen molar-refractivity contribution in [2.45, 2.75) is 92.5 Å². The van der Waals surface area contributed by atoms with Gasteiger partial charge in [0.1, 0.15) is 0 Å². The van der Waals surface area contributed by atoms with Crippen molar-refractivity contribution in [2.24, 2.45) is 5.41 Å². The minimum Gasteiger partial charge on any atom is -0.463 e. The highest BCUT2D eigenvalue weighted by atomic mass is 28.4. The van der Waals surface area contributed by atoms with Crippen molar-refractivity contribution in [1.82, 2.24) is 0 Å². The molecule has 27 heavy (non-hydrogen) atoms. The van der Waals surface area contributed by atoms with Crippen LogP contribution in [0.3, 0.4) is 0 Å². The second kappa shape index (κ2) is 8.91. The smallest absolute Gasteiger partial charge is 0.330 e. The van der Waals surface area contributed by atoms with Crippen LogP contribution in [-0.2, 0) is 14.0 Å². The van der Waals surface area contributed by atoms with Crippen molar-refractivity contribution >= 4 is 14.3 Å². The number of hydrogen-bond donors (Lipinski definition) is 0. The van der Waals surface area contributed by atoms with Crippen LogP contribution in [-0.4, -0.2) is 27.0 Å². The predicted molar refractivity (Wildman–Crippen MR) is 117 cm³/mol. The van der Waals surface area contributed by atoms with Crippen LogP contribution in [0.4, 0.5) is 0 Å². The number of allylic oxidation sites excluding steroid dienone is 4. The lowest BCUT2D eigenvalue weighted by Gasteiger charge is -2.44. The molecule has 0 spiro atoms. The average Bonchev–Trinajstić information content (AvgIpc) is 2.48. The predicted octanol–water partition coefficient (Wildman–Crippen LogP) is 6.58. The summed E-state index contributed by atoms with van der Waals surface area (Å²) in [6, 6.07) is 0. The molecule has 0 saturated carbocycles. The molecular formula is C23H40O3Si. The van der Waals surface area contributed by atoms with Crippen LogP contribution in [0.5, 0.6) is 0 Å². The van der Waals surface area contributed by atoms with E-state index in [0.717, 1.165) is 18.4 Å². The fraction of sp³-hybridized carbons (Fsp3) is 0.696. The molecule has 0 aromatic carbocycles. The third kappa shape index (κ3) is 6.46. The van der Waals surface area contributed by atoms with Crippen LogP contribution in [0.1, 0.15) is 68.2 Å². The first-order chi connectivity index (χ1) is 12.2. The summed E-state index contributed by atoms with van der Waals surface area (Å²) in [5.41, 5.74) is 3.67. The van der Waals surface area contributed by atoms with Crippen molar-refractivity contribution < 1.29 is 14.0 Å². The van der Waals surface area contributed by atoms with Gasteiger partial charge in [-0.05, 0) is 73.9 Å². The first kappa shape index (κ1) is 23.9. The fourth-order valence-electron chi connectivity index (χ4n) is 3.22. The van der Waals surface area contributed by atoms with Gasteiger partial charge in [-0.1, -0.05) is 46.8 Å². The van der Waals surface area contributed by atoms with E-state index in [-0.39, 0.29) is 22.5 Å². The molecule has 1 aliphatic rings. The van der Waals surface area contributed by atoms with Crippen LogP contribution < -0.4 is 0 Å². The molecule has 0 heterocycles. The normalized spacial score (nSPS) is 21.7. The summed E-state index contributed by atoms with van der Waals surface area (Å²) >= 11 is 0. The van der Waals surface area contributed by atoms with E-state index in [9.17, 15) is 4.79 Å². The summed E-state index contributed by atoms with van der Waals surface area (Å²) in [7, 11) is -1.82. The van der Waals surface area contributed by atoms with E-state index in [4.69, 9.17) is 9.16 Å². The summed E-state index contributed by atoms with van der Waals surface area (Å²) in [6.07, 6.45) is 8.10. The van der Waals surface area contributed by atoms with Crippen LogP contribution in [0.25, 0.3) is 0 Å². The van der Waals surface area contributed by atoms with Crippen molar-refractivity contribution in [1.29, 1.82) is 0 Å². The summed E-state index contributed by atoms with van der Waals surface area (Å²) in [5, 5.41) is 0.204. The van der Waals surface area contributed by atoms with Crippen molar-refractivity contribution in [3.05, 3.63) is 34.9 Å². The summed E-state index contributed by atoms with van der Waals surface area (Å²) in [6.45, 7) is 22.5. The van der Waals surface area contributed by atoms with Gasteiger partial charge in [-0.25, -0.2) is 4.79 Å². The monoisotopic (exact) mass is 392 g/mol. The molecule has 3 nitrogen and oxygen atoms in total. The highest BCUT2D eigenvalue weighted by Crippen LogP contribution is 2.45. The Kier molecular flexibility index (Phi) is 7.89. The molecule has 0 aliphatic heterocycles. The standard InChI is InChI=1S/C23H40O3Si/c1-11-25-21(24)16-17(2)12-13-19-18(3)20(14-15-23(19,7)8)26-27(9,10)22(4,5)6/h12-13,16,20H,11,14-15H2,1-10H3/b13-12+,17-16+. The Bertz CT molecular complexity index is 630. The molecule has 0 fully saturated rings. The SMILES string of the molecule is CCOC(=O)/C=C(C)/C=C/C1=C(C)C(O[Si](C)(C)C(C)(C)C)CCC1(C)C. The quantitative estimate of drug-likeness (QED) is 0.222. The molecule has 1 aliphatic carbocycles. The second-order valence-corrected chi connectivity index (χ2v) is 14.6. The zero-order valence-corrected chi connectivity index (χ0v) is 20.2. The first-order valence-electron chi connectivity index (χ1n) is 10.1. The van der Waals surface area contributed by atoms with E-state index >= 15 is 0 Å². The van der Waals surface area contributed by atoms with Gasteiger partial charge in [-0.2, -0.15) is 0 Å². The Morgan fingerprint density at radius 3 is 2.41 bits per heavy atom. The lowest BCUT2D eigenvalue weighted by Crippen LogP contribution is -2.45. The molecule has 154 valence electrons. The zero-order chi connectivity index (χ0) is 21.0. The van der Waals surface area contributed by atoms with Gasteiger partial charge in [0.15, 0.2) is 8.32 Å². The lowest BCUT2D eigenvalue weighted by atomic mass is 9.71. The molecule has 1 rings (SSSR count). The van der Waals surface area contributed by atoms with E-state index in [1.54, 1.807) is 6.08 Å². The molecule has 4 heteroatoms. The maximum atomic E-state index is 11.6. The molecule has 0 saturated heterocycles. The maximum Gasteiger partial charge on any atom is 0.330 e. The van der Waals surface area contributed by atoms with Gasteiger partial charge in [0.25, 0.3) is 0 Å². The Hall–Kier alpha value is -1.13. The second-order valence-electron chi connectivity index (χ2n) is 9.86. The van der Waals surface area contributed by atoms with Crippen molar-refractivity contribution in [3.63, 3.8) is 0 Å². The maximum absolute atomic E-state index is 11.6. The Morgan fingerprint density at radius 2 is 1.89 bits per heavy atom. The van der Waals surface area contributed by atoms with E-state index < -0.39 is 8.32 Å². The number of carbonyl (C=O) groups excluding carboxylic acids is 1. The summed E-state index contributed by atoms with van der Waals surface area (Å²) in [4.78, 5) is 11.6. The van der Waals surface area contributed by atoms with Gasteiger partial charge in [-0.15, -0.1) is 0 Å². The van der Waals surface area contributed by atoms with E-state index in [2.05, 4.69) is 60.7 Å². The zero-order valence-electron chi connectivity index (χ0n) is 19.2. The summed E-state index contributed by atoms with van der Waals surface area (Å²) in [5.74, 6) is -0.285. The molecular weight excluding hydrogens is 352 g/mol. The Labute approximate surface area is 168 Å². The van der Waals surface area contributed by atoms with Gasteiger partial charge in [0.2, 0.25) is 0 Å². The van der Waals surface area contributed by atoms with Gasteiger partial charge in [0, 0.05) is 6.08 Å². The topological polar surface area (TPSA) is 35.5 Å². The fourth-order valence-corrected chi connectivity index (χ4v) is 4.58. The van der Waals surface area contributed by atoms with Crippen LogP contribution in [0.15, 0.2) is 34.9 Å². The first-order valence-corrected chi connectivity index (χ1v) is 13.0. The van der Waals surface area contributed by atoms with Gasteiger partial charge in [0.05, 0.1) is 12.7 Å². The molecule has 0 aromatic rings. The minimum absolute atomic E-state index is 0.109.